The van der Waals surface area contributed by atoms with Gasteiger partial charge in [-0.2, -0.15) is 0 Å². The standard InChI is InChI=1S/C19H23ClN4O3/c1-10(21-19(26)27)17-22-15-5-3-4-14(20)16(15)18(25)24(17)13-8-11-6-7-12(9-13)23(11)2/h3-5,10-13,21H,6-9H2,1-2H3,(H,26,27)/t10-,11-,12+,13?/m0/s1. The van der Waals surface area contributed by atoms with Gasteiger partial charge in [0.05, 0.1) is 22.0 Å². The monoisotopic (exact) mass is 390 g/mol. The van der Waals surface area contributed by atoms with E-state index in [1.54, 1.807) is 29.7 Å². The predicted octanol–water partition coefficient (Wildman–Crippen LogP) is 3.18. The lowest BCUT2D eigenvalue weighted by Gasteiger charge is -2.38. The highest BCUT2D eigenvalue weighted by Crippen LogP contribution is 2.40. The van der Waals surface area contributed by atoms with E-state index in [1.165, 1.54) is 0 Å². The molecule has 0 aliphatic carbocycles. The molecular weight excluding hydrogens is 368 g/mol. The Morgan fingerprint density at radius 1 is 1.30 bits per heavy atom. The molecule has 2 aliphatic heterocycles. The summed E-state index contributed by atoms with van der Waals surface area (Å²) in [4.78, 5) is 31.7. The van der Waals surface area contributed by atoms with Gasteiger partial charge in [0.15, 0.2) is 0 Å². The summed E-state index contributed by atoms with van der Waals surface area (Å²) in [6, 6.07) is 5.45. The Hall–Kier alpha value is -2.12. The summed E-state index contributed by atoms with van der Waals surface area (Å²) in [6.45, 7) is 1.71. The van der Waals surface area contributed by atoms with Crippen molar-refractivity contribution in [3.63, 3.8) is 0 Å². The zero-order valence-corrected chi connectivity index (χ0v) is 16.1. The highest BCUT2D eigenvalue weighted by molar-refractivity contribution is 6.35. The number of rotatable bonds is 3. The van der Waals surface area contributed by atoms with E-state index in [9.17, 15) is 9.59 Å². The number of hydrogen-bond donors (Lipinski definition) is 2. The van der Waals surface area contributed by atoms with E-state index in [0.29, 0.717) is 33.8 Å². The van der Waals surface area contributed by atoms with Gasteiger partial charge in [0.25, 0.3) is 5.56 Å². The van der Waals surface area contributed by atoms with Gasteiger partial charge >= 0.3 is 6.09 Å². The smallest absolute Gasteiger partial charge is 0.405 e. The highest BCUT2D eigenvalue weighted by atomic mass is 35.5. The molecular formula is C19H23ClN4O3. The Bertz CT molecular complexity index is 946. The lowest BCUT2D eigenvalue weighted by molar-refractivity contribution is 0.132. The van der Waals surface area contributed by atoms with Crippen molar-refractivity contribution >= 4 is 28.6 Å². The molecule has 0 radical (unpaired) electrons. The number of carboxylic acid groups (broad SMARTS) is 1. The summed E-state index contributed by atoms with van der Waals surface area (Å²) in [6.07, 6.45) is 2.84. The number of halogens is 1. The minimum absolute atomic E-state index is 0.00702. The van der Waals surface area contributed by atoms with E-state index in [2.05, 4.69) is 22.2 Å². The van der Waals surface area contributed by atoms with Crippen molar-refractivity contribution in [2.24, 2.45) is 0 Å². The second-order valence-corrected chi connectivity index (χ2v) is 8.03. The fraction of sp³-hybridized carbons (Fsp3) is 0.526. The fourth-order valence-corrected chi connectivity index (χ4v) is 4.97. The molecule has 2 N–H and O–H groups in total. The summed E-state index contributed by atoms with van der Waals surface area (Å²) >= 11 is 6.31. The second kappa shape index (κ2) is 6.80. The first-order chi connectivity index (χ1) is 12.9. The van der Waals surface area contributed by atoms with Crippen molar-refractivity contribution in [1.82, 2.24) is 19.8 Å². The van der Waals surface area contributed by atoms with Crippen LogP contribution in [0.3, 0.4) is 0 Å². The Morgan fingerprint density at radius 2 is 1.96 bits per heavy atom. The van der Waals surface area contributed by atoms with E-state index < -0.39 is 12.1 Å². The molecule has 0 saturated carbocycles. The quantitative estimate of drug-likeness (QED) is 0.840. The topological polar surface area (TPSA) is 87.5 Å². The third kappa shape index (κ3) is 3.08. The lowest BCUT2D eigenvalue weighted by atomic mass is 9.97. The van der Waals surface area contributed by atoms with Crippen LogP contribution in [0.25, 0.3) is 10.9 Å². The number of carbonyl (C=O) groups is 1. The van der Waals surface area contributed by atoms with Crippen LogP contribution < -0.4 is 10.9 Å². The number of fused-ring (bicyclic) bond motifs is 3. The van der Waals surface area contributed by atoms with Crippen LogP contribution in [0, 0.1) is 0 Å². The van der Waals surface area contributed by atoms with Crippen LogP contribution in [0.4, 0.5) is 4.79 Å². The Balaban J connectivity index is 1.88. The first-order valence-corrected chi connectivity index (χ1v) is 9.66. The largest absolute Gasteiger partial charge is 0.465 e. The maximum absolute atomic E-state index is 13.4. The second-order valence-electron chi connectivity index (χ2n) is 7.63. The number of hydrogen-bond acceptors (Lipinski definition) is 4. The van der Waals surface area contributed by atoms with Crippen molar-refractivity contribution in [1.29, 1.82) is 0 Å². The van der Waals surface area contributed by atoms with Crippen LogP contribution in [-0.2, 0) is 0 Å². The molecule has 2 bridgehead atoms. The normalized spacial score (nSPS) is 26.3. The molecule has 4 rings (SSSR count). The van der Waals surface area contributed by atoms with E-state index >= 15 is 0 Å². The van der Waals surface area contributed by atoms with Gasteiger partial charge in [-0.15, -0.1) is 0 Å². The third-order valence-electron chi connectivity index (χ3n) is 6.07. The molecule has 1 aromatic heterocycles. The van der Waals surface area contributed by atoms with Gasteiger partial charge < -0.3 is 15.3 Å². The first-order valence-electron chi connectivity index (χ1n) is 9.29. The zero-order chi connectivity index (χ0) is 19.3. The molecule has 1 aromatic carbocycles. The molecule has 8 heteroatoms. The molecule has 1 amide bonds. The molecule has 2 aliphatic rings. The summed E-state index contributed by atoms with van der Waals surface area (Å²) in [5, 5.41) is 12.4. The molecule has 2 saturated heterocycles. The van der Waals surface area contributed by atoms with Crippen molar-refractivity contribution in [3.8, 4) is 0 Å². The van der Waals surface area contributed by atoms with E-state index in [4.69, 9.17) is 16.7 Å². The van der Waals surface area contributed by atoms with Gasteiger partial charge in [-0.25, -0.2) is 9.78 Å². The van der Waals surface area contributed by atoms with Crippen LogP contribution in [0.5, 0.6) is 0 Å². The summed E-state index contributed by atoms with van der Waals surface area (Å²) in [5.74, 6) is 0.450. The Morgan fingerprint density at radius 3 is 2.59 bits per heavy atom. The molecule has 3 heterocycles. The number of aromatic nitrogens is 2. The molecule has 4 atom stereocenters. The van der Waals surface area contributed by atoms with E-state index in [-0.39, 0.29) is 11.6 Å². The van der Waals surface area contributed by atoms with Crippen LogP contribution in [0.2, 0.25) is 5.02 Å². The molecule has 2 aromatic rings. The molecule has 1 unspecified atom stereocenters. The molecule has 27 heavy (non-hydrogen) atoms. The fourth-order valence-electron chi connectivity index (χ4n) is 4.72. The number of nitrogens with one attached hydrogen (secondary N) is 1. The van der Waals surface area contributed by atoms with E-state index in [0.717, 1.165) is 25.7 Å². The summed E-state index contributed by atoms with van der Waals surface area (Å²) in [7, 11) is 2.15. The minimum atomic E-state index is -1.14. The van der Waals surface area contributed by atoms with Crippen molar-refractivity contribution in [2.45, 2.75) is 56.8 Å². The van der Waals surface area contributed by atoms with Gasteiger partial charge in [-0.3, -0.25) is 9.36 Å². The number of nitrogens with zero attached hydrogens (tertiary/aromatic N) is 3. The Kier molecular flexibility index (Phi) is 4.60. The van der Waals surface area contributed by atoms with Crippen LogP contribution in [-0.4, -0.2) is 44.8 Å². The van der Waals surface area contributed by atoms with E-state index in [1.807, 2.05) is 0 Å². The van der Waals surface area contributed by atoms with Crippen LogP contribution in [0.1, 0.15) is 50.5 Å². The molecule has 2 fully saturated rings. The third-order valence-corrected chi connectivity index (χ3v) is 6.39. The average Bonchev–Trinajstić information content (AvgIpc) is 2.81. The van der Waals surface area contributed by atoms with Crippen LogP contribution >= 0.6 is 11.6 Å². The van der Waals surface area contributed by atoms with Gasteiger partial charge in [-0.05, 0) is 51.8 Å². The summed E-state index contributed by atoms with van der Waals surface area (Å²) in [5.41, 5.74) is 0.308. The first kappa shape index (κ1) is 18.3. The Labute approximate surface area is 161 Å². The number of piperidine rings is 1. The van der Waals surface area contributed by atoms with Crippen molar-refractivity contribution in [2.75, 3.05) is 7.05 Å². The van der Waals surface area contributed by atoms with Gasteiger partial charge in [0.1, 0.15) is 5.82 Å². The minimum Gasteiger partial charge on any atom is -0.465 e. The lowest BCUT2D eigenvalue weighted by Crippen LogP contribution is -2.44. The number of benzene rings is 1. The van der Waals surface area contributed by atoms with Crippen LogP contribution in [0.15, 0.2) is 23.0 Å². The van der Waals surface area contributed by atoms with Crippen molar-refractivity contribution < 1.29 is 9.90 Å². The van der Waals surface area contributed by atoms with Gasteiger partial charge in [0.2, 0.25) is 0 Å². The van der Waals surface area contributed by atoms with Gasteiger partial charge in [0, 0.05) is 18.1 Å². The van der Waals surface area contributed by atoms with Gasteiger partial charge in [-0.1, -0.05) is 17.7 Å². The maximum Gasteiger partial charge on any atom is 0.405 e. The molecule has 144 valence electrons. The maximum atomic E-state index is 13.4. The number of amides is 1. The highest BCUT2D eigenvalue weighted by Gasteiger charge is 2.40. The molecule has 0 spiro atoms. The SMILES string of the molecule is C[C@H](NC(=O)O)c1nc2cccc(Cl)c2c(=O)n1C1C[C@H]2CC[C@@H](C1)N2C. The zero-order valence-electron chi connectivity index (χ0n) is 15.4. The molecule has 7 nitrogen and oxygen atoms in total. The van der Waals surface area contributed by atoms with Crippen molar-refractivity contribution in [3.05, 3.63) is 39.4 Å². The summed E-state index contributed by atoms with van der Waals surface area (Å²) < 4.78 is 1.70. The average molecular weight is 391 g/mol. The predicted molar refractivity (Wildman–Crippen MR) is 103 cm³/mol.